The van der Waals surface area contributed by atoms with E-state index in [2.05, 4.69) is 15.0 Å². The highest BCUT2D eigenvalue weighted by Crippen LogP contribution is 2.38. The van der Waals surface area contributed by atoms with Crippen LogP contribution in [0, 0.1) is 5.92 Å². The smallest absolute Gasteiger partial charge is 0.291 e. The Morgan fingerprint density at radius 1 is 1.26 bits per heavy atom. The van der Waals surface area contributed by atoms with Crippen LogP contribution in [0.5, 0.6) is 0 Å². The van der Waals surface area contributed by atoms with Crippen LogP contribution in [-0.2, 0) is 16.1 Å². The van der Waals surface area contributed by atoms with Gasteiger partial charge >= 0.3 is 0 Å². The van der Waals surface area contributed by atoms with Crippen molar-refractivity contribution in [2.45, 2.75) is 31.5 Å². The Hall–Kier alpha value is -2.38. The fourth-order valence-corrected chi connectivity index (χ4v) is 3.86. The molecule has 1 spiro atoms. The van der Waals surface area contributed by atoms with E-state index in [1.807, 2.05) is 18.3 Å². The molecule has 1 amide bonds. The molecule has 0 saturated carbocycles. The Morgan fingerprint density at radius 3 is 2.89 bits per heavy atom. The molecule has 1 unspecified atom stereocenters. The van der Waals surface area contributed by atoms with Crippen LogP contribution < -0.4 is 0 Å². The van der Waals surface area contributed by atoms with Gasteiger partial charge in [-0.15, -0.1) is 0 Å². The van der Waals surface area contributed by atoms with Crippen LogP contribution in [0.4, 0.5) is 0 Å². The van der Waals surface area contributed by atoms with Gasteiger partial charge in [-0.2, -0.15) is 0 Å². The fourth-order valence-electron chi connectivity index (χ4n) is 3.86. The number of rotatable bonds is 6. The molecular formula is C20H24N4O3. The normalized spacial score (nSPS) is 21.0. The third-order valence-corrected chi connectivity index (χ3v) is 5.26. The molecule has 2 aliphatic rings. The van der Waals surface area contributed by atoms with Gasteiger partial charge in [0, 0.05) is 38.0 Å². The van der Waals surface area contributed by atoms with E-state index in [-0.39, 0.29) is 17.3 Å². The number of likely N-dealkylation sites (tertiary alicyclic amines) is 1. The number of nitrogens with zero attached hydrogens (tertiary/aromatic N) is 4. The largest absolute Gasteiger partial charge is 0.377 e. The molecule has 1 atom stereocenters. The summed E-state index contributed by atoms with van der Waals surface area (Å²) in [6.07, 6.45) is 9.82. The molecule has 7 nitrogen and oxygen atoms in total. The molecule has 2 saturated heterocycles. The van der Waals surface area contributed by atoms with Crippen molar-refractivity contribution < 1.29 is 14.3 Å². The van der Waals surface area contributed by atoms with Gasteiger partial charge in [-0.1, -0.05) is 6.07 Å². The summed E-state index contributed by atoms with van der Waals surface area (Å²) in [4.78, 5) is 26.4. The topological polar surface area (TPSA) is 77.4 Å². The van der Waals surface area contributed by atoms with Crippen molar-refractivity contribution in [1.29, 1.82) is 0 Å². The second-order valence-corrected chi connectivity index (χ2v) is 7.33. The van der Waals surface area contributed by atoms with Gasteiger partial charge in [0.15, 0.2) is 0 Å². The Balaban J connectivity index is 1.21. The van der Waals surface area contributed by atoms with E-state index < -0.39 is 0 Å². The first-order chi connectivity index (χ1) is 13.2. The van der Waals surface area contributed by atoms with Crippen molar-refractivity contribution in [3.05, 3.63) is 54.4 Å². The molecule has 2 aromatic rings. The first-order valence-corrected chi connectivity index (χ1v) is 9.41. The number of hydrogen-bond donors (Lipinski definition) is 0. The standard InChI is InChI=1S/C20H24N4O3/c25-19(18-22-7-2-8-23-18)24-14-20(15-24)11-16(5-10-27-20)4-9-26-13-17-3-1-6-21-12-17/h1-3,6-8,12,16H,4-5,9-11,13-15H2. The van der Waals surface area contributed by atoms with Gasteiger partial charge in [-0.3, -0.25) is 9.78 Å². The van der Waals surface area contributed by atoms with Crippen LogP contribution >= 0.6 is 0 Å². The maximum Gasteiger partial charge on any atom is 0.291 e. The maximum absolute atomic E-state index is 12.4. The van der Waals surface area contributed by atoms with Gasteiger partial charge in [0.1, 0.15) is 5.60 Å². The van der Waals surface area contributed by atoms with Crippen LogP contribution in [0.3, 0.4) is 0 Å². The minimum Gasteiger partial charge on any atom is -0.377 e. The van der Waals surface area contributed by atoms with E-state index in [9.17, 15) is 4.79 Å². The molecule has 2 fully saturated rings. The van der Waals surface area contributed by atoms with Crippen molar-refractivity contribution in [3.8, 4) is 0 Å². The summed E-state index contributed by atoms with van der Waals surface area (Å²) in [5.74, 6) is 0.702. The lowest BCUT2D eigenvalue weighted by atomic mass is 9.79. The first-order valence-electron chi connectivity index (χ1n) is 9.41. The summed E-state index contributed by atoms with van der Waals surface area (Å²) in [6, 6.07) is 5.65. The average molecular weight is 368 g/mol. The van der Waals surface area contributed by atoms with E-state index in [0.29, 0.717) is 25.6 Å². The van der Waals surface area contributed by atoms with E-state index in [1.165, 1.54) is 0 Å². The van der Waals surface area contributed by atoms with Crippen molar-refractivity contribution in [2.24, 2.45) is 5.92 Å². The molecule has 4 rings (SSSR count). The van der Waals surface area contributed by atoms with Crippen molar-refractivity contribution >= 4 is 5.91 Å². The molecule has 0 aliphatic carbocycles. The second kappa shape index (κ2) is 8.10. The summed E-state index contributed by atoms with van der Waals surface area (Å²) >= 11 is 0. The number of carbonyl (C=O) groups excluding carboxylic acids is 1. The van der Waals surface area contributed by atoms with Crippen LogP contribution in [0.15, 0.2) is 43.0 Å². The van der Waals surface area contributed by atoms with Crippen LogP contribution in [0.25, 0.3) is 0 Å². The summed E-state index contributed by atoms with van der Waals surface area (Å²) in [5.41, 5.74) is 0.897. The molecule has 0 bridgehead atoms. The monoisotopic (exact) mass is 368 g/mol. The van der Waals surface area contributed by atoms with Gasteiger partial charge in [0.05, 0.1) is 19.7 Å². The third-order valence-electron chi connectivity index (χ3n) is 5.26. The lowest BCUT2D eigenvalue weighted by Crippen LogP contribution is -2.66. The first kappa shape index (κ1) is 18.0. The average Bonchev–Trinajstić information content (AvgIpc) is 2.70. The highest BCUT2D eigenvalue weighted by atomic mass is 16.5. The van der Waals surface area contributed by atoms with Gasteiger partial charge in [0.2, 0.25) is 5.82 Å². The molecule has 4 heterocycles. The molecule has 142 valence electrons. The number of pyridine rings is 1. The van der Waals surface area contributed by atoms with Gasteiger partial charge in [0.25, 0.3) is 5.91 Å². The van der Waals surface area contributed by atoms with Crippen molar-refractivity contribution in [2.75, 3.05) is 26.3 Å². The van der Waals surface area contributed by atoms with E-state index >= 15 is 0 Å². The number of carbonyl (C=O) groups is 1. The Kier molecular flexibility index (Phi) is 5.40. The summed E-state index contributed by atoms with van der Waals surface area (Å²) in [7, 11) is 0. The molecule has 0 N–H and O–H groups in total. The van der Waals surface area contributed by atoms with Gasteiger partial charge < -0.3 is 14.4 Å². The third kappa shape index (κ3) is 4.31. The van der Waals surface area contributed by atoms with E-state index in [4.69, 9.17) is 9.47 Å². The van der Waals surface area contributed by atoms with Crippen molar-refractivity contribution in [3.63, 3.8) is 0 Å². The van der Waals surface area contributed by atoms with Crippen LogP contribution in [0.1, 0.15) is 35.4 Å². The minimum absolute atomic E-state index is 0.119. The summed E-state index contributed by atoms with van der Waals surface area (Å²) in [5, 5.41) is 0. The predicted molar refractivity (Wildman–Crippen MR) is 97.9 cm³/mol. The molecule has 7 heteroatoms. The Morgan fingerprint density at radius 2 is 2.11 bits per heavy atom. The number of ether oxygens (including phenoxy) is 2. The van der Waals surface area contributed by atoms with Crippen LogP contribution in [-0.4, -0.2) is 57.7 Å². The van der Waals surface area contributed by atoms with Crippen molar-refractivity contribution in [1.82, 2.24) is 19.9 Å². The van der Waals surface area contributed by atoms with E-state index in [0.717, 1.165) is 38.0 Å². The number of aromatic nitrogens is 3. The zero-order valence-electron chi connectivity index (χ0n) is 15.3. The number of hydrogen-bond acceptors (Lipinski definition) is 6. The second-order valence-electron chi connectivity index (χ2n) is 7.33. The van der Waals surface area contributed by atoms with Gasteiger partial charge in [-0.25, -0.2) is 9.97 Å². The minimum atomic E-state index is -0.198. The number of amides is 1. The lowest BCUT2D eigenvalue weighted by Gasteiger charge is -2.53. The van der Waals surface area contributed by atoms with E-state index in [1.54, 1.807) is 29.6 Å². The predicted octanol–water partition coefficient (Wildman–Crippen LogP) is 2.10. The van der Waals surface area contributed by atoms with Crippen LogP contribution in [0.2, 0.25) is 0 Å². The summed E-state index contributed by atoms with van der Waals surface area (Å²) < 4.78 is 11.8. The molecule has 0 aromatic carbocycles. The molecular weight excluding hydrogens is 344 g/mol. The Labute approximate surface area is 158 Å². The zero-order valence-corrected chi connectivity index (χ0v) is 15.3. The Bertz CT molecular complexity index is 750. The fraction of sp³-hybridized carbons (Fsp3) is 0.500. The lowest BCUT2D eigenvalue weighted by molar-refractivity contribution is -0.167. The molecule has 2 aromatic heterocycles. The molecule has 27 heavy (non-hydrogen) atoms. The highest BCUT2D eigenvalue weighted by Gasteiger charge is 2.49. The SMILES string of the molecule is O=C(c1ncccn1)N1CC2(CC(CCOCc3cccnc3)CCO2)C1. The van der Waals surface area contributed by atoms with Gasteiger partial charge in [-0.05, 0) is 42.9 Å². The zero-order chi connectivity index (χ0) is 18.5. The molecule has 2 aliphatic heterocycles. The summed E-state index contributed by atoms with van der Waals surface area (Å²) in [6.45, 7) is 3.32. The molecule has 0 radical (unpaired) electrons. The maximum atomic E-state index is 12.4. The quantitative estimate of drug-likeness (QED) is 0.727. The highest BCUT2D eigenvalue weighted by molar-refractivity contribution is 5.91.